The summed E-state index contributed by atoms with van der Waals surface area (Å²) in [6.07, 6.45) is 0. The summed E-state index contributed by atoms with van der Waals surface area (Å²) in [5, 5.41) is 19.1. The number of benzene rings is 1. The molecule has 0 radical (unpaired) electrons. The van der Waals surface area contributed by atoms with Gasteiger partial charge >= 0.3 is 35.5 Å². The molecular formula is C11H12NNaO3S. The van der Waals surface area contributed by atoms with Crippen LogP contribution < -0.4 is 29.6 Å². The van der Waals surface area contributed by atoms with Crippen molar-refractivity contribution in [2.24, 2.45) is 4.99 Å². The van der Waals surface area contributed by atoms with E-state index in [1.807, 2.05) is 13.0 Å². The first kappa shape index (κ1) is 14.6. The summed E-state index contributed by atoms with van der Waals surface area (Å²) in [6.45, 7) is 1.91. The van der Waals surface area contributed by atoms with Crippen LogP contribution in [-0.4, -0.2) is 33.0 Å². The van der Waals surface area contributed by atoms with Crippen LogP contribution in [0.25, 0.3) is 0 Å². The second-order valence-corrected chi connectivity index (χ2v) is 4.63. The minimum absolute atomic E-state index is 0. The van der Waals surface area contributed by atoms with E-state index in [-0.39, 0.29) is 36.7 Å². The molecule has 86 valence electrons. The molecule has 1 aliphatic heterocycles. The average Bonchev–Trinajstić information content (AvgIpc) is 2.70. The summed E-state index contributed by atoms with van der Waals surface area (Å²) in [7, 11) is 0. The van der Waals surface area contributed by atoms with Crippen molar-refractivity contribution in [3.8, 4) is 5.75 Å². The first-order valence-electron chi connectivity index (χ1n) is 4.81. The molecule has 0 saturated carbocycles. The Kier molecular flexibility index (Phi) is 5.06. The Morgan fingerprint density at radius 3 is 2.88 bits per heavy atom. The van der Waals surface area contributed by atoms with E-state index in [0.717, 1.165) is 5.56 Å². The maximum atomic E-state index is 10.7. The summed E-state index contributed by atoms with van der Waals surface area (Å²) >= 11 is 1.36. The van der Waals surface area contributed by atoms with Crippen molar-refractivity contribution >= 4 is 22.8 Å². The molecule has 0 saturated heterocycles. The van der Waals surface area contributed by atoms with Gasteiger partial charge in [-0.25, -0.2) is 4.79 Å². The zero-order chi connectivity index (χ0) is 11.7. The number of aryl methyl sites for hydroxylation is 1. The number of phenols is 1. The number of aromatic hydroxyl groups is 1. The smallest absolute Gasteiger partial charge is 1.00 e. The predicted molar refractivity (Wildman–Crippen MR) is 64.4 cm³/mol. The fourth-order valence-corrected chi connectivity index (χ4v) is 2.52. The van der Waals surface area contributed by atoms with Gasteiger partial charge in [-0.2, -0.15) is 0 Å². The number of hydrogen-bond acceptors (Lipinski definition) is 4. The molecule has 1 aromatic rings. The number of rotatable bonds is 2. The van der Waals surface area contributed by atoms with Crippen LogP contribution in [0.2, 0.25) is 0 Å². The Hall–Kier alpha value is -0.490. The number of carboxylic acids is 1. The van der Waals surface area contributed by atoms with Crippen molar-refractivity contribution in [3.05, 3.63) is 29.3 Å². The van der Waals surface area contributed by atoms with E-state index in [0.29, 0.717) is 16.4 Å². The van der Waals surface area contributed by atoms with Gasteiger partial charge in [-0.05, 0) is 19.1 Å². The number of thioether (sulfide) groups is 1. The molecule has 0 bridgehead atoms. The van der Waals surface area contributed by atoms with Crippen LogP contribution in [-0.2, 0) is 4.79 Å². The standard InChI is InChI=1S/C11H11NO3S.Na.H/c1-6-2-3-9(13)7(4-6)10-12-8(5-16-10)11(14)15;;/h2-4,8,13H,5H2,1H3,(H,14,15);;/q;+1;-1. The summed E-state index contributed by atoms with van der Waals surface area (Å²) in [5.74, 6) is -0.351. The minimum Gasteiger partial charge on any atom is -1.00 e. The van der Waals surface area contributed by atoms with Crippen LogP contribution in [0.15, 0.2) is 23.2 Å². The Balaban J connectivity index is 0.00000144. The first-order chi connectivity index (χ1) is 7.58. The Morgan fingerprint density at radius 1 is 1.59 bits per heavy atom. The van der Waals surface area contributed by atoms with E-state index in [1.54, 1.807) is 12.1 Å². The van der Waals surface area contributed by atoms with Crippen LogP contribution in [0.1, 0.15) is 12.6 Å². The molecule has 0 spiro atoms. The number of carboxylic acid groups (broad SMARTS) is 1. The van der Waals surface area contributed by atoms with E-state index in [1.165, 1.54) is 11.8 Å². The topological polar surface area (TPSA) is 69.9 Å². The van der Waals surface area contributed by atoms with Gasteiger partial charge in [0.05, 0.1) is 0 Å². The predicted octanol–water partition coefficient (Wildman–Crippen LogP) is -1.24. The largest absolute Gasteiger partial charge is 1.00 e. The molecule has 4 nitrogen and oxygen atoms in total. The molecule has 1 unspecified atom stereocenters. The molecule has 6 heteroatoms. The molecule has 1 aliphatic rings. The number of nitrogens with zero attached hydrogens (tertiary/aromatic N) is 1. The van der Waals surface area contributed by atoms with E-state index >= 15 is 0 Å². The molecule has 1 aromatic carbocycles. The zero-order valence-electron chi connectivity index (χ0n) is 10.7. The van der Waals surface area contributed by atoms with E-state index < -0.39 is 12.0 Å². The number of aliphatic imine (C=N–C) groups is 1. The monoisotopic (exact) mass is 261 g/mol. The Bertz CT molecular complexity index is 481. The van der Waals surface area contributed by atoms with Gasteiger partial charge in [-0.3, -0.25) is 4.99 Å². The molecule has 17 heavy (non-hydrogen) atoms. The normalized spacial score (nSPS) is 18.4. The van der Waals surface area contributed by atoms with Crippen molar-refractivity contribution in [2.45, 2.75) is 13.0 Å². The maximum absolute atomic E-state index is 10.7. The number of hydrogen-bond donors (Lipinski definition) is 2. The van der Waals surface area contributed by atoms with Gasteiger partial charge in [0, 0.05) is 11.3 Å². The summed E-state index contributed by atoms with van der Waals surface area (Å²) < 4.78 is 0. The van der Waals surface area contributed by atoms with Crippen molar-refractivity contribution in [2.75, 3.05) is 5.75 Å². The fourth-order valence-electron chi connectivity index (χ4n) is 1.47. The van der Waals surface area contributed by atoms with Gasteiger partial charge < -0.3 is 11.6 Å². The SMILES string of the molecule is Cc1ccc(O)c(C2=NC(C(=O)O)CS2)c1.[H-].[Na+]. The molecule has 2 rings (SSSR count). The van der Waals surface area contributed by atoms with Gasteiger partial charge in [-0.15, -0.1) is 11.8 Å². The van der Waals surface area contributed by atoms with Gasteiger partial charge in [0.25, 0.3) is 0 Å². The van der Waals surface area contributed by atoms with Crippen LogP contribution in [0.3, 0.4) is 0 Å². The third-order valence-corrected chi connectivity index (χ3v) is 3.40. The third kappa shape index (κ3) is 3.25. The minimum atomic E-state index is -0.922. The van der Waals surface area contributed by atoms with E-state index in [2.05, 4.69) is 4.99 Å². The molecule has 0 fully saturated rings. The number of phenolic OH excluding ortho intramolecular Hbond substituents is 1. The Morgan fingerprint density at radius 2 is 2.29 bits per heavy atom. The summed E-state index contributed by atoms with van der Waals surface area (Å²) in [6, 6.07) is 4.51. The van der Waals surface area contributed by atoms with Gasteiger partial charge in [-0.1, -0.05) is 11.6 Å². The van der Waals surface area contributed by atoms with Gasteiger partial charge in [0.15, 0.2) is 6.04 Å². The van der Waals surface area contributed by atoms with E-state index in [4.69, 9.17) is 5.11 Å². The van der Waals surface area contributed by atoms with Crippen LogP contribution in [0.5, 0.6) is 5.75 Å². The van der Waals surface area contributed by atoms with Crippen LogP contribution >= 0.6 is 11.8 Å². The van der Waals surface area contributed by atoms with Crippen LogP contribution in [0, 0.1) is 6.92 Å². The van der Waals surface area contributed by atoms with Crippen molar-refractivity contribution in [1.82, 2.24) is 0 Å². The number of aliphatic carboxylic acids is 1. The first-order valence-corrected chi connectivity index (χ1v) is 5.80. The van der Waals surface area contributed by atoms with Crippen molar-refractivity contribution in [1.29, 1.82) is 0 Å². The molecular weight excluding hydrogens is 249 g/mol. The number of carbonyl (C=O) groups is 1. The fraction of sp³-hybridized carbons (Fsp3) is 0.273. The average molecular weight is 261 g/mol. The van der Waals surface area contributed by atoms with Crippen molar-refractivity contribution in [3.63, 3.8) is 0 Å². The van der Waals surface area contributed by atoms with E-state index in [9.17, 15) is 9.90 Å². The molecule has 2 N–H and O–H groups in total. The quantitative estimate of drug-likeness (QED) is 0.654. The summed E-state index contributed by atoms with van der Waals surface area (Å²) in [4.78, 5) is 14.8. The van der Waals surface area contributed by atoms with Gasteiger partial charge in [0.1, 0.15) is 10.8 Å². The zero-order valence-corrected chi connectivity index (χ0v) is 12.5. The second-order valence-electron chi connectivity index (χ2n) is 3.62. The van der Waals surface area contributed by atoms with Crippen LogP contribution in [0.4, 0.5) is 0 Å². The third-order valence-electron chi connectivity index (χ3n) is 2.32. The molecule has 0 aliphatic carbocycles. The van der Waals surface area contributed by atoms with Crippen molar-refractivity contribution < 1.29 is 46.0 Å². The molecule has 0 aromatic heterocycles. The molecule has 1 atom stereocenters. The molecule has 1 heterocycles. The Labute approximate surface area is 127 Å². The molecule has 0 amide bonds. The van der Waals surface area contributed by atoms with Gasteiger partial charge in [0.2, 0.25) is 0 Å². The maximum Gasteiger partial charge on any atom is 1.00 e. The summed E-state index contributed by atoms with van der Waals surface area (Å²) in [5.41, 5.74) is 1.63. The second kappa shape index (κ2) is 5.91.